The lowest BCUT2D eigenvalue weighted by molar-refractivity contribution is 0.586. The van der Waals surface area contributed by atoms with E-state index in [0.29, 0.717) is 5.88 Å². The SMILES string of the molecule is Nc1occc1Br. The summed E-state index contributed by atoms with van der Waals surface area (Å²) in [6.07, 6.45) is 1.53. The van der Waals surface area contributed by atoms with Gasteiger partial charge in [0, 0.05) is 0 Å². The van der Waals surface area contributed by atoms with E-state index in [1.54, 1.807) is 6.07 Å². The second-order valence-corrected chi connectivity index (χ2v) is 1.99. The summed E-state index contributed by atoms with van der Waals surface area (Å²) in [5, 5.41) is 0. The monoisotopic (exact) mass is 161 g/mol. The Balaban J connectivity index is 3.12. The number of nitrogen functional groups attached to an aromatic ring is 1. The van der Waals surface area contributed by atoms with E-state index in [1.807, 2.05) is 0 Å². The number of nitrogens with two attached hydrogens (primary N) is 1. The van der Waals surface area contributed by atoms with Crippen LogP contribution in [0.1, 0.15) is 0 Å². The van der Waals surface area contributed by atoms with Crippen LogP contribution < -0.4 is 5.73 Å². The fraction of sp³-hybridized carbons (Fsp3) is 0. The molecule has 0 saturated carbocycles. The molecule has 7 heavy (non-hydrogen) atoms. The van der Waals surface area contributed by atoms with E-state index < -0.39 is 0 Å². The maximum absolute atomic E-state index is 5.23. The van der Waals surface area contributed by atoms with Gasteiger partial charge in [-0.25, -0.2) is 0 Å². The molecule has 1 aromatic rings. The van der Waals surface area contributed by atoms with E-state index in [0.717, 1.165) is 4.47 Å². The summed E-state index contributed by atoms with van der Waals surface area (Å²) < 4.78 is 5.51. The van der Waals surface area contributed by atoms with Crippen LogP contribution in [0.5, 0.6) is 0 Å². The Morgan fingerprint density at radius 2 is 2.43 bits per heavy atom. The second kappa shape index (κ2) is 1.58. The maximum atomic E-state index is 5.23. The molecule has 0 saturated heterocycles. The minimum atomic E-state index is 0.431. The minimum absolute atomic E-state index is 0.431. The topological polar surface area (TPSA) is 39.2 Å². The van der Waals surface area contributed by atoms with Gasteiger partial charge in [0.15, 0.2) is 0 Å². The van der Waals surface area contributed by atoms with E-state index in [9.17, 15) is 0 Å². The van der Waals surface area contributed by atoms with Crippen molar-refractivity contribution < 1.29 is 4.42 Å². The Labute approximate surface area is 49.4 Å². The molecule has 1 aromatic heterocycles. The Bertz CT molecular complexity index is 144. The van der Waals surface area contributed by atoms with Gasteiger partial charge in [0.05, 0.1) is 10.7 Å². The number of rotatable bonds is 0. The average Bonchev–Trinajstić information content (AvgIpc) is 1.91. The van der Waals surface area contributed by atoms with Crippen LogP contribution in [0.3, 0.4) is 0 Å². The highest BCUT2D eigenvalue weighted by atomic mass is 79.9. The molecule has 0 aromatic carbocycles. The van der Waals surface area contributed by atoms with Gasteiger partial charge in [0.25, 0.3) is 0 Å². The Kier molecular flexibility index (Phi) is 1.06. The fourth-order valence-electron chi connectivity index (χ4n) is 0.305. The summed E-state index contributed by atoms with van der Waals surface area (Å²) in [7, 11) is 0. The highest BCUT2D eigenvalue weighted by Gasteiger charge is 1.92. The number of halogens is 1. The van der Waals surface area contributed by atoms with Crippen molar-refractivity contribution in [3.8, 4) is 0 Å². The molecule has 0 amide bonds. The van der Waals surface area contributed by atoms with Crippen LogP contribution in [0.25, 0.3) is 0 Å². The van der Waals surface area contributed by atoms with Crippen molar-refractivity contribution >= 4 is 21.8 Å². The summed E-state index contributed by atoms with van der Waals surface area (Å²) in [6.45, 7) is 0. The third-order valence-corrected chi connectivity index (χ3v) is 1.30. The van der Waals surface area contributed by atoms with Crippen LogP contribution in [0.2, 0.25) is 0 Å². The molecule has 2 N–H and O–H groups in total. The Morgan fingerprint density at radius 1 is 1.71 bits per heavy atom. The van der Waals surface area contributed by atoms with Crippen molar-refractivity contribution in [3.63, 3.8) is 0 Å². The molecular formula is C4H4BrNO. The molecule has 0 aliphatic heterocycles. The van der Waals surface area contributed by atoms with Gasteiger partial charge in [0.1, 0.15) is 0 Å². The van der Waals surface area contributed by atoms with Crippen molar-refractivity contribution in [3.05, 3.63) is 16.8 Å². The molecule has 0 aliphatic carbocycles. The molecule has 1 heterocycles. The Morgan fingerprint density at radius 3 is 2.57 bits per heavy atom. The molecule has 2 nitrogen and oxygen atoms in total. The predicted molar refractivity (Wildman–Crippen MR) is 30.8 cm³/mol. The molecular weight excluding hydrogens is 158 g/mol. The third-order valence-electron chi connectivity index (χ3n) is 0.645. The van der Waals surface area contributed by atoms with Gasteiger partial charge < -0.3 is 10.2 Å². The molecule has 0 spiro atoms. The van der Waals surface area contributed by atoms with Crippen LogP contribution in [0.4, 0.5) is 5.88 Å². The predicted octanol–water partition coefficient (Wildman–Crippen LogP) is 1.62. The average molecular weight is 162 g/mol. The molecule has 0 fully saturated rings. The van der Waals surface area contributed by atoms with Crippen molar-refractivity contribution in [2.24, 2.45) is 0 Å². The molecule has 0 bridgehead atoms. The summed E-state index contributed by atoms with van der Waals surface area (Å²) in [5.74, 6) is 0.431. The molecule has 0 unspecified atom stereocenters. The van der Waals surface area contributed by atoms with Gasteiger partial charge in [-0.15, -0.1) is 0 Å². The minimum Gasteiger partial charge on any atom is -0.448 e. The van der Waals surface area contributed by atoms with Crippen LogP contribution in [-0.2, 0) is 0 Å². The highest BCUT2D eigenvalue weighted by molar-refractivity contribution is 9.10. The van der Waals surface area contributed by atoms with Crippen LogP contribution in [0.15, 0.2) is 21.2 Å². The van der Waals surface area contributed by atoms with Crippen molar-refractivity contribution in [1.82, 2.24) is 0 Å². The van der Waals surface area contributed by atoms with E-state index in [2.05, 4.69) is 15.9 Å². The smallest absolute Gasteiger partial charge is 0.204 e. The van der Waals surface area contributed by atoms with E-state index in [4.69, 9.17) is 10.2 Å². The summed E-state index contributed by atoms with van der Waals surface area (Å²) in [4.78, 5) is 0. The molecule has 0 radical (unpaired) electrons. The summed E-state index contributed by atoms with van der Waals surface area (Å²) in [6, 6.07) is 1.75. The largest absolute Gasteiger partial charge is 0.448 e. The molecule has 1 rings (SSSR count). The first-order chi connectivity index (χ1) is 3.30. The molecule has 0 aliphatic rings. The lowest BCUT2D eigenvalue weighted by Crippen LogP contribution is -1.77. The van der Waals surface area contributed by atoms with Crippen LogP contribution in [0, 0.1) is 0 Å². The quantitative estimate of drug-likeness (QED) is 0.629. The second-order valence-electron chi connectivity index (χ2n) is 1.13. The third kappa shape index (κ3) is 0.771. The number of hydrogen-bond acceptors (Lipinski definition) is 2. The first kappa shape index (κ1) is 4.71. The molecule has 0 atom stereocenters. The van der Waals surface area contributed by atoms with Gasteiger partial charge >= 0.3 is 0 Å². The first-order valence-corrected chi connectivity index (χ1v) is 2.58. The number of hydrogen-bond donors (Lipinski definition) is 1. The number of anilines is 1. The lowest BCUT2D eigenvalue weighted by Gasteiger charge is -1.78. The zero-order valence-electron chi connectivity index (χ0n) is 3.52. The molecule has 3 heteroatoms. The van der Waals surface area contributed by atoms with Crippen LogP contribution >= 0.6 is 15.9 Å². The van der Waals surface area contributed by atoms with Crippen molar-refractivity contribution in [2.45, 2.75) is 0 Å². The van der Waals surface area contributed by atoms with Gasteiger partial charge in [0.2, 0.25) is 5.88 Å². The molecule has 38 valence electrons. The lowest BCUT2D eigenvalue weighted by atomic mass is 10.6. The summed E-state index contributed by atoms with van der Waals surface area (Å²) in [5.41, 5.74) is 5.23. The first-order valence-electron chi connectivity index (χ1n) is 1.79. The Hall–Kier alpha value is -0.440. The van der Waals surface area contributed by atoms with Crippen molar-refractivity contribution in [1.29, 1.82) is 0 Å². The van der Waals surface area contributed by atoms with Crippen molar-refractivity contribution in [2.75, 3.05) is 5.73 Å². The number of furan rings is 1. The normalized spacial score (nSPS) is 9.29. The standard InChI is InChI=1S/C4H4BrNO/c5-3-1-2-7-4(3)6/h1-2H,6H2. The highest BCUT2D eigenvalue weighted by Crippen LogP contribution is 2.18. The zero-order valence-corrected chi connectivity index (χ0v) is 5.10. The van der Waals surface area contributed by atoms with Gasteiger partial charge in [-0.3, -0.25) is 0 Å². The zero-order chi connectivity index (χ0) is 5.28. The fourth-order valence-corrected chi connectivity index (χ4v) is 0.507. The maximum Gasteiger partial charge on any atom is 0.204 e. The van der Waals surface area contributed by atoms with E-state index in [-0.39, 0.29) is 0 Å². The summed E-state index contributed by atoms with van der Waals surface area (Å²) >= 11 is 3.15. The van der Waals surface area contributed by atoms with E-state index in [1.165, 1.54) is 6.26 Å². The van der Waals surface area contributed by atoms with Gasteiger partial charge in [-0.1, -0.05) is 0 Å². The van der Waals surface area contributed by atoms with Crippen LogP contribution in [-0.4, -0.2) is 0 Å². The van der Waals surface area contributed by atoms with Gasteiger partial charge in [-0.05, 0) is 22.0 Å². The van der Waals surface area contributed by atoms with Gasteiger partial charge in [-0.2, -0.15) is 0 Å². The van der Waals surface area contributed by atoms with E-state index >= 15 is 0 Å².